The van der Waals surface area contributed by atoms with Crippen molar-refractivity contribution in [1.29, 1.82) is 0 Å². The molecule has 0 atom stereocenters. The summed E-state index contributed by atoms with van der Waals surface area (Å²) in [7, 11) is 1.79. The third kappa shape index (κ3) is 2.44. The van der Waals surface area contributed by atoms with Gasteiger partial charge in [-0.15, -0.1) is 0 Å². The van der Waals surface area contributed by atoms with Crippen LogP contribution in [0, 0.1) is 0 Å². The smallest absolute Gasteiger partial charge is 0.208 e. The molecule has 90 valence electrons. The van der Waals surface area contributed by atoms with Gasteiger partial charge in [-0.05, 0) is 25.8 Å². The Bertz CT molecular complexity index is 326. The Kier molecular flexibility index (Phi) is 3.61. The first-order valence-corrected chi connectivity index (χ1v) is 5.97. The first-order chi connectivity index (χ1) is 7.78. The van der Waals surface area contributed by atoms with E-state index in [1.54, 1.807) is 7.11 Å². The Morgan fingerprint density at radius 2 is 2.38 bits per heavy atom. The monoisotopic (exact) mass is 224 g/mol. The Hall–Kier alpha value is -0.870. The molecule has 0 saturated heterocycles. The van der Waals surface area contributed by atoms with E-state index in [1.807, 2.05) is 6.20 Å². The van der Waals surface area contributed by atoms with Gasteiger partial charge in [0.05, 0.1) is 18.3 Å². The van der Waals surface area contributed by atoms with Crippen molar-refractivity contribution in [3.8, 4) is 0 Å². The highest BCUT2D eigenvalue weighted by molar-refractivity contribution is 5.03. The zero-order chi connectivity index (χ0) is 11.4. The fourth-order valence-corrected chi connectivity index (χ4v) is 2.09. The molecule has 0 spiro atoms. The molecular weight excluding hydrogens is 204 g/mol. The lowest BCUT2D eigenvalue weighted by Crippen LogP contribution is -2.41. The van der Waals surface area contributed by atoms with Crippen molar-refractivity contribution in [2.45, 2.75) is 44.8 Å². The molecule has 0 amide bonds. The Morgan fingerprint density at radius 1 is 1.56 bits per heavy atom. The molecule has 0 aliphatic heterocycles. The van der Waals surface area contributed by atoms with Crippen LogP contribution in [-0.4, -0.2) is 24.2 Å². The maximum Gasteiger partial charge on any atom is 0.208 e. The zero-order valence-electron chi connectivity index (χ0n) is 10.1. The van der Waals surface area contributed by atoms with Gasteiger partial charge in [0.25, 0.3) is 0 Å². The lowest BCUT2D eigenvalue weighted by atomic mass is 9.77. The van der Waals surface area contributed by atoms with Gasteiger partial charge >= 0.3 is 0 Å². The quantitative estimate of drug-likeness (QED) is 0.801. The van der Waals surface area contributed by atoms with Crippen LogP contribution in [0.4, 0.5) is 0 Å². The van der Waals surface area contributed by atoms with E-state index < -0.39 is 0 Å². The number of aromatic nitrogens is 1. The number of hydrogen-bond acceptors (Lipinski definition) is 4. The second-order valence-electron chi connectivity index (χ2n) is 4.42. The topological polar surface area (TPSA) is 47.3 Å². The van der Waals surface area contributed by atoms with Gasteiger partial charge in [-0.1, -0.05) is 6.92 Å². The van der Waals surface area contributed by atoms with E-state index in [4.69, 9.17) is 9.15 Å². The summed E-state index contributed by atoms with van der Waals surface area (Å²) in [4.78, 5) is 4.25. The average Bonchev–Trinajstić information content (AvgIpc) is 2.68. The van der Waals surface area contributed by atoms with E-state index in [1.165, 1.54) is 6.42 Å². The molecule has 2 rings (SSSR count). The number of ether oxygens (including phenoxy) is 1. The van der Waals surface area contributed by atoms with Crippen molar-refractivity contribution >= 4 is 0 Å². The third-order valence-corrected chi connectivity index (χ3v) is 3.32. The Labute approximate surface area is 96.4 Å². The van der Waals surface area contributed by atoms with Crippen LogP contribution in [0.2, 0.25) is 0 Å². The Balaban J connectivity index is 1.91. The van der Waals surface area contributed by atoms with Crippen molar-refractivity contribution in [2.24, 2.45) is 0 Å². The van der Waals surface area contributed by atoms with E-state index in [9.17, 15) is 0 Å². The molecule has 1 aromatic rings. The Morgan fingerprint density at radius 3 is 2.94 bits per heavy atom. The number of methoxy groups -OCH3 is 1. The minimum Gasteiger partial charge on any atom is -0.444 e. The van der Waals surface area contributed by atoms with Gasteiger partial charge in [-0.25, -0.2) is 4.98 Å². The van der Waals surface area contributed by atoms with Crippen molar-refractivity contribution in [3.05, 3.63) is 17.8 Å². The van der Waals surface area contributed by atoms with Crippen LogP contribution in [0.3, 0.4) is 0 Å². The van der Waals surface area contributed by atoms with Gasteiger partial charge in [0.15, 0.2) is 0 Å². The summed E-state index contributed by atoms with van der Waals surface area (Å²) in [5.41, 5.74) is 0.0228. The van der Waals surface area contributed by atoms with Crippen molar-refractivity contribution < 1.29 is 9.15 Å². The zero-order valence-corrected chi connectivity index (χ0v) is 10.1. The first kappa shape index (κ1) is 11.6. The van der Waals surface area contributed by atoms with Gasteiger partial charge in [0.2, 0.25) is 5.89 Å². The number of oxazole rings is 1. The highest BCUT2D eigenvalue weighted by Crippen LogP contribution is 2.37. The van der Waals surface area contributed by atoms with Crippen LogP contribution in [0.1, 0.15) is 37.8 Å². The number of nitrogens with zero attached hydrogens (tertiary/aromatic N) is 1. The largest absolute Gasteiger partial charge is 0.444 e. The number of hydrogen-bond donors (Lipinski definition) is 1. The summed E-state index contributed by atoms with van der Waals surface area (Å²) >= 11 is 0. The second kappa shape index (κ2) is 4.97. The molecule has 1 aromatic heterocycles. The molecule has 4 nitrogen and oxygen atoms in total. The fourth-order valence-electron chi connectivity index (χ4n) is 2.09. The first-order valence-electron chi connectivity index (χ1n) is 5.97. The summed E-state index contributed by atoms with van der Waals surface area (Å²) in [6.07, 6.45) is 6.19. The average molecular weight is 224 g/mol. The van der Waals surface area contributed by atoms with E-state index in [-0.39, 0.29) is 5.60 Å². The van der Waals surface area contributed by atoms with E-state index >= 15 is 0 Å². The van der Waals surface area contributed by atoms with E-state index in [0.717, 1.165) is 37.5 Å². The van der Waals surface area contributed by atoms with Crippen LogP contribution in [0.25, 0.3) is 0 Å². The standard InChI is InChI=1S/C12H20N2O2/c1-3-13-9-11-14-8-10(16-11)7-12(15-2)5-4-6-12/h8,13H,3-7,9H2,1-2H3. The molecule has 4 heteroatoms. The molecule has 0 unspecified atom stereocenters. The summed E-state index contributed by atoms with van der Waals surface area (Å²) in [6, 6.07) is 0. The van der Waals surface area contributed by atoms with Gasteiger partial charge in [0.1, 0.15) is 5.76 Å². The minimum atomic E-state index is 0.0228. The van der Waals surface area contributed by atoms with Crippen molar-refractivity contribution in [1.82, 2.24) is 10.3 Å². The lowest BCUT2D eigenvalue weighted by Gasteiger charge is -2.39. The SMILES string of the molecule is CCNCc1ncc(CC2(OC)CCC2)o1. The predicted octanol–water partition coefficient (Wildman–Crippen LogP) is 1.90. The summed E-state index contributed by atoms with van der Waals surface area (Å²) in [6.45, 7) is 3.70. The number of nitrogens with one attached hydrogen (secondary N) is 1. The van der Waals surface area contributed by atoms with Gasteiger partial charge < -0.3 is 14.5 Å². The number of rotatable bonds is 6. The molecule has 1 saturated carbocycles. The summed E-state index contributed by atoms with van der Waals surface area (Å²) < 4.78 is 11.2. The van der Waals surface area contributed by atoms with E-state index in [0.29, 0.717) is 6.54 Å². The maximum atomic E-state index is 5.67. The molecular formula is C12H20N2O2. The molecule has 0 radical (unpaired) electrons. The maximum absolute atomic E-state index is 5.67. The minimum absolute atomic E-state index is 0.0228. The molecule has 1 heterocycles. The van der Waals surface area contributed by atoms with Crippen LogP contribution < -0.4 is 5.32 Å². The highest BCUT2D eigenvalue weighted by atomic mass is 16.5. The van der Waals surface area contributed by atoms with Crippen molar-refractivity contribution in [3.63, 3.8) is 0 Å². The fraction of sp³-hybridized carbons (Fsp3) is 0.750. The van der Waals surface area contributed by atoms with Crippen LogP contribution >= 0.6 is 0 Å². The summed E-state index contributed by atoms with van der Waals surface area (Å²) in [5.74, 6) is 1.71. The van der Waals surface area contributed by atoms with Crippen LogP contribution in [0.15, 0.2) is 10.6 Å². The molecule has 1 aliphatic rings. The highest BCUT2D eigenvalue weighted by Gasteiger charge is 2.38. The predicted molar refractivity (Wildman–Crippen MR) is 61.2 cm³/mol. The molecule has 0 bridgehead atoms. The van der Waals surface area contributed by atoms with E-state index in [2.05, 4.69) is 17.2 Å². The molecule has 1 fully saturated rings. The molecule has 16 heavy (non-hydrogen) atoms. The second-order valence-corrected chi connectivity index (χ2v) is 4.42. The summed E-state index contributed by atoms with van der Waals surface area (Å²) in [5, 5.41) is 3.20. The van der Waals surface area contributed by atoms with Crippen LogP contribution in [-0.2, 0) is 17.7 Å². The van der Waals surface area contributed by atoms with Crippen molar-refractivity contribution in [2.75, 3.05) is 13.7 Å². The third-order valence-electron chi connectivity index (χ3n) is 3.32. The lowest BCUT2D eigenvalue weighted by molar-refractivity contribution is -0.0738. The van der Waals surface area contributed by atoms with Gasteiger partial charge in [-0.3, -0.25) is 0 Å². The molecule has 1 aliphatic carbocycles. The van der Waals surface area contributed by atoms with Crippen LogP contribution in [0.5, 0.6) is 0 Å². The van der Waals surface area contributed by atoms with Gasteiger partial charge in [-0.2, -0.15) is 0 Å². The van der Waals surface area contributed by atoms with Gasteiger partial charge in [0, 0.05) is 13.5 Å². The molecule has 0 aromatic carbocycles. The molecule has 1 N–H and O–H groups in total. The normalized spacial score (nSPS) is 18.4.